The second-order valence-electron chi connectivity index (χ2n) is 7.96. The molecule has 0 atom stereocenters. The zero-order valence-electron chi connectivity index (χ0n) is 19.2. The van der Waals surface area contributed by atoms with E-state index in [1.807, 2.05) is 36.4 Å². The molecule has 0 amide bonds. The van der Waals surface area contributed by atoms with Crippen LogP contribution in [0.5, 0.6) is 11.5 Å². The summed E-state index contributed by atoms with van der Waals surface area (Å²) >= 11 is 1.07. The molecule has 3 aromatic carbocycles. The first kappa shape index (κ1) is 23.4. The standard InChI is InChI=1S/C27H20FN3O4S/c1-34-23-14-19(9-12-22(23)35-16-18-5-3-2-4-6-18)15-24-26(33)31-27(36-24)29-25(32)21(30-31)13-17-7-10-20(28)11-8-17/h2-12,14-15H,13,16H2,1H3/b24-15-. The lowest BCUT2D eigenvalue weighted by molar-refractivity contribution is 0.284. The predicted molar refractivity (Wildman–Crippen MR) is 135 cm³/mol. The molecule has 2 heterocycles. The van der Waals surface area contributed by atoms with Gasteiger partial charge in [0.2, 0.25) is 4.96 Å². The molecule has 5 aromatic rings. The zero-order valence-corrected chi connectivity index (χ0v) is 20.0. The Morgan fingerprint density at radius 3 is 2.50 bits per heavy atom. The number of thiazole rings is 1. The van der Waals surface area contributed by atoms with E-state index in [2.05, 4.69) is 10.1 Å². The normalized spacial score (nSPS) is 11.7. The van der Waals surface area contributed by atoms with Gasteiger partial charge >= 0.3 is 0 Å². The first-order valence-electron chi connectivity index (χ1n) is 11.0. The molecule has 0 saturated carbocycles. The van der Waals surface area contributed by atoms with E-state index >= 15 is 0 Å². The van der Waals surface area contributed by atoms with Gasteiger partial charge in [0.25, 0.3) is 11.1 Å². The summed E-state index contributed by atoms with van der Waals surface area (Å²) in [5.41, 5.74) is 1.66. The second-order valence-corrected chi connectivity index (χ2v) is 8.97. The fraction of sp³-hybridized carbons (Fsp3) is 0.111. The number of hydrogen-bond donors (Lipinski definition) is 0. The Hall–Kier alpha value is -4.37. The lowest BCUT2D eigenvalue weighted by Crippen LogP contribution is -2.28. The summed E-state index contributed by atoms with van der Waals surface area (Å²) in [7, 11) is 1.55. The van der Waals surface area contributed by atoms with Crippen molar-refractivity contribution in [3.63, 3.8) is 0 Å². The topological polar surface area (TPSA) is 82.8 Å². The molecular weight excluding hydrogens is 481 g/mol. The highest BCUT2D eigenvalue weighted by molar-refractivity contribution is 7.15. The van der Waals surface area contributed by atoms with Crippen LogP contribution in [0.1, 0.15) is 22.4 Å². The molecule has 0 spiro atoms. The van der Waals surface area contributed by atoms with E-state index in [9.17, 15) is 14.0 Å². The van der Waals surface area contributed by atoms with Crippen molar-refractivity contribution in [1.29, 1.82) is 0 Å². The minimum Gasteiger partial charge on any atom is -0.493 e. The van der Waals surface area contributed by atoms with Gasteiger partial charge in [-0.2, -0.15) is 14.6 Å². The molecular formula is C27H20FN3O4S. The summed E-state index contributed by atoms with van der Waals surface area (Å²) in [6.45, 7) is 0.396. The number of aromatic nitrogens is 3. The van der Waals surface area contributed by atoms with E-state index in [1.165, 1.54) is 12.1 Å². The van der Waals surface area contributed by atoms with Gasteiger partial charge in [0.05, 0.1) is 11.6 Å². The van der Waals surface area contributed by atoms with Gasteiger partial charge < -0.3 is 9.47 Å². The molecule has 180 valence electrons. The van der Waals surface area contributed by atoms with Gasteiger partial charge in [0, 0.05) is 6.42 Å². The number of nitrogens with zero attached hydrogens (tertiary/aromatic N) is 3. The van der Waals surface area contributed by atoms with Crippen LogP contribution >= 0.6 is 11.3 Å². The van der Waals surface area contributed by atoms with Gasteiger partial charge in [0.1, 0.15) is 18.1 Å². The van der Waals surface area contributed by atoms with Crippen LogP contribution in [0.3, 0.4) is 0 Å². The molecule has 5 rings (SSSR count). The van der Waals surface area contributed by atoms with Crippen molar-refractivity contribution in [2.45, 2.75) is 13.0 Å². The average Bonchev–Trinajstić information content (AvgIpc) is 3.19. The summed E-state index contributed by atoms with van der Waals surface area (Å²) in [4.78, 5) is 29.7. The lowest BCUT2D eigenvalue weighted by Gasteiger charge is -2.11. The maximum atomic E-state index is 13.2. The van der Waals surface area contributed by atoms with Crippen LogP contribution in [0, 0.1) is 5.82 Å². The Morgan fingerprint density at radius 1 is 0.972 bits per heavy atom. The second kappa shape index (κ2) is 10.1. The Morgan fingerprint density at radius 2 is 1.75 bits per heavy atom. The Kier molecular flexibility index (Phi) is 6.55. The smallest absolute Gasteiger partial charge is 0.296 e. The Labute approximate surface area is 208 Å². The van der Waals surface area contributed by atoms with Crippen molar-refractivity contribution in [2.75, 3.05) is 7.11 Å². The van der Waals surface area contributed by atoms with Crippen LogP contribution in [0.4, 0.5) is 4.39 Å². The molecule has 9 heteroatoms. The molecule has 0 aliphatic rings. The third-order valence-electron chi connectivity index (χ3n) is 5.46. The summed E-state index contributed by atoms with van der Waals surface area (Å²) in [5, 5.41) is 4.24. The summed E-state index contributed by atoms with van der Waals surface area (Å²) in [6.07, 6.45) is 1.84. The van der Waals surface area contributed by atoms with E-state index in [4.69, 9.17) is 9.47 Å². The number of methoxy groups -OCH3 is 1. The number of hydrogen-bond acceptors (Lipinski definition) is 7. The maximum Gasteiger partial charge on any atom is 0.296 e. The van der Waals surface area contributed by atoms with Crippen LogP contribution in [0.25, 0.3) is 11.0 Å². The highest BCUT2D eigenvalue weighted by Crippen LogP contribution is 2.29. The van der Waals surface area contributed by atoms with Crippen LogP contribution in [-0.2, 0) is 13.0 Å². The zero-order chi connectivity index (χ0) is 25.1. The average molecular weight is 502 g/mol. The quantitative estimate of drug-likeness (QED) is 0.340. The van der Waals surface area contributed by atoms with Gasteiger partial charge in [-0.05, 0) is 47.0 Å². The van der Waals surface area contributed by atoms with Crippen molar-refractivity contribution >= 4 is 22.4 Å². The molecule has 7 nitrogen and oxygen atoms in total. The van der Waals surface area contributed by atoms with E-state index in [1.54, 1.807) is 37.5 Å². The molecule has 0 N–H and O–H groups in total. The molecule has 36 heavy (non-hydrogen) atoms. The first-order chi connectivity index (χ1) is 17.5. The molecule has 2 aromatic heterocycles. The molecule has 0 aliphatic carbocycles. The number of ether oxygens (including phenoxy) is 2. The number of rotatable bonds is 7. The van der Waals surface area contributed by atoms with Crippen molar-refractivity contribution in [3.8, 4) is 11.5 Å². The first-order valence-corrected chi connectivity index (χ1v) is 11.9. The summed E-state index contributed by atoms with van der Waals surface area (Å²) in [6, 6.07) is 20.9. The monoisotopic (exact) mass is 501 g/mol. The third kappa shape index (κ3) is 5.01. The Balaban J connectivity index is 1.44. The summed E-state index contributed by atoms with van der Waals surface area (Å²) < 4.78 is 26.1. The van der Waals surface area contributed by atoms with Gasteiger partial charge in [-0.3, -0.25) is 9.59 Å². The van der Waals surface area contributed by atoms with Crippen molar-refractivity contribution in [1.82, 2.24) is 14.6 Å². The van der Waals surface area contributed by atoms with Crippen LogP contribution in [0.2, 0.25) is 0 Å². The van der Waals surface area contributed by atoms with Gasteiger partial charge in [-0.15, -0.1) is 0 Å². The largest absolute Gasteiger partial charge is 0.493 e. The molecule has 0 aliphatic heterocycles. The highest BCUT2D eigenvalue weighted by Gasteiger charge is 2.12. The van der Waals surface area contributed by atoms with Crippen molar-refractivity contribution in [2.24, 2.45) is 0 Å². The van der Waals surface area contributed by atoms with E-state index in [-0.39, 0.29) is 28.5 Å². The minimum absolute atomic E-state index is 0.113. The highest BCUT2D eigenvalue weighted by atomic mass is 32.1. The van der Waals surface area contributed by atoms with E-state index in [0.29, 0.717) is 28.2 Å². The summed E-state index contributed by atoms with van der Waals surface area (Å²) in [5.74, 6) is 0.737. The number of halogens is 1. The van der Waals surface area contributed by atoms with Crippen LogP contribution in [-0.4, -0.2) is 21.7 Å². The van der Waals surface area contributed by atoms with Crippen molar-refractivity contribution in [3.05, 3.63) is 126 Å². The fourth-order valence-corrected chi connectivity index (χ4v) is 4.53. The minimum atomic E-state index is -0.520. The predicted octanol–water partition coefficient (Wildman–Crippen LogP) is 3.38. The van der Waals surface area contributed by atoms with Crippen molar-refractivity contribution < 1.29 is 13.9 Å². The van der Waals surface area contributed by atoms with E-state index in [0.717, 1.165) is 27.0 Å². The SMILES string of the molecule is COc1cc(/C=c2\sc3nc(=O)c(Cc4ccc(F)cc4)nn3c2=O)ccc1OCc1ccccc1. The molecule has 0 radical (unpaired) electrons. The van der Waals surface area contributed by atoms with E-state index < -0.39 is 5.56 Å². The number of fused-ring (bicyclic) bond motifs is 1. The van der Waals surface area contributed by atoms with Gasteiger partial charge in [-0.25, -0.2) is 4.39 Å². The van der Waals surface area contributed by atoms with Crippen LogP contribution in [0.15, 0.2) is 82.4 Å². The van der Waals surface area contributed by atoms with Crippen LogP contribution < -0.4 is 25.1 Å². The maximum absolute atomic E-state index is 13.2. The third-order valence-corrected chi connectivity index (χ3v) is 6.42. The van der Waals surface area contributed by atoms with Gasteiger partial charge in [0.15, 0.2) is 11.5 Å². The molecule has 0 bridgehead atoms. The number of benzene rings is 3. The fourth-order valence-electron chi connectivity index (χ4n) is 3.63. The Bertz CT molecular complexity index is 1700. The lowest BCUT2D eigenvalue weighted by atomic mass is 10.1. The molecule has 0 fully saturated rings. The molecule has 0 unspecified atom stereocenters. The van der Waals surface area contributed by atoms with Gasteiger partial charge in [-0.1, -0.05) is 59.9 Å². The molecule has 0 saturated heterocycles.